The Morgan fingerprint density at radius 2 is 0.821 bits per heavy atom. The van der Waals surface area contributed by atoms with Crippen molar-refractivity contribution in [3.05, 3.63) is 120 Å². The molecule has 4 aromatic carbocycles. The van der Waals surface area contributed by atoms with E-state index in [4.69, 9.17) is 0 Å². The van der Waals surface area contributed by atoms with Gasteiger partial charge in [-0.3, -0.25) is 0 Å². The average molecular weight is 380 g/mol. The van der Waals surface area contributed by atoms with Crippen LogP contribution in [0.15, 0.2) is 97.1 Å². The van der Waals surface area contributed by atoms with E-state index in [1.165, 1.54) is 30.3 Å². The third-order valence-corrected chi connectivity index (χ3v) is 4.05. The summed E-state index contributed by atoms with van der Waals surface area (Å²) in [6.45, 7) is 0. The highest BCUT2D eigenvalue weighted by Crippen LogP contribution is 2.25. The second-order valence-electron chi connectivity index (χ2n) is 5.95. The van der Waals surface area contributed by atoms with Gasteiger partial charge in [-0.1, -0.05) is 66.7 Å². The zero-order valence-corrected chi connectivity index (χ0v) is 14.7. The molecule has 0 amide bonds. The third kappa shape index (κ3) is 4.65. The molecule has 0 aliphatic heterocycles. The van der Waals surface area contributed by atoms with E-state index in [2.05, 4.69) is 0 Å². The molecule has 0 aromatic heterocycles. The van der Waals surface area contributed by atoms with Gasteiger partial charge in [-0.05, 0) is 35.9 Å². The van der Waals surface area contributed by atoms with Crippen LogP contribution < -0.4 is 0 Å². The van der Waals surface area contributed by atoms with Crippen molar-refractivity contribution in [1.82, 2.24) is 0 Å². The molecule has 28 heavy (non-hydrogen) atoms. The van der Waals surface area contributed by atoms with Crippen molar-refractivity contribution in [3.63, 3.8) is 0 Å². The fourth-order valence-electron chi connectivity index (χ4n) is 2.71. The molecule has 0 saturated heterocycles. The van der Waals surface area contributed by atoms with Crippen LogP contribution in [0.25, 0.3) is 22.3 Å². The van der Waals surface area contributed by atoms with E-state index in [-0.39, 0.29) is 11.6 Å². The van der Waals surface area contributed by atoms with E-state index < -0.39 is 11.6 Å². The van der Waals surface area contributed by atoms with Crippen LogP contribution in [0.3, 0.4) is 0 Å². The molecule has 0 saturated carbocycles. The first kappa shape index (κ1) is 19.4. The lowest BCUT2D eigenvalue weighted by Gasteiger charge is -2.03. The zero-order chi connectivity index (χ0) is 19.9. The Bertz CT molecular complexity index is 1030. The van der Waals surface area contributed by atoms with E-state index in [0.29, 0.717) is 22.3 Å². The molecule has 0 fully saturated rings. The highest BCUT2D eigenvalue weighted by atomic mass is 19.1. The summed E-state index contributed by atoms with van der Waals surface area (Å²) in [7, 11) is 0. The second-order valence-corrected chi connectivity index (χ2v) is 5.95. The average Bonchev–Trinajstić information content (AvgIpc) is 2.70. The van der Waals surface area contributed by atoms with Crippen molar-refractivity contribution in [2.45, 2.75) is 0 Å². The van der Waals surface area contributed by atoms with Crippen LogP contribution >= 0.6 is 0 Å². The predicted molar refractivity (Wildman–Crippen MR) is 104 cm³/mol. The van der Waals surface area contributed by atoms with Gasteiger partial charge in [0.25, 0.3) is 0 Å². The third-order valence-electron chi connectivity index (χ3n) is 4.05. The fraction of sp³-hybridized carbons (Fsp3) is 0. The molecule has 0 nitrogen and oxygen atoms in total. The molecule has 0 bridgehead atoms. The Morgan fingerprint density at radius 3 is 1.25 bits per heavy atom. The molecule has 0 radical (unpaired) electrons. The molecule has 0 unspecified atom stereocenters. The predicted octanol–water partition coefficient (Wildman–Crippen LogP) is 7.26. The Kier molecular flexibility index (Phi) is 6.22. The number of halogens is 4. The van der Waals surface area contributed by atoms with E-state index in [1.54, 1.807) is 66.7 Å². The quantitative estimate of drug-likeness (QED) is 0.321. The maximum atomic E-state index is 13.3. The summed E-state index contributed by atoms with van der Waals surface area (Å²) in [5, 5.41) is 0. The van der Waals surface area contributed by atoms with Gasteiger partial charge in [0.2, 0.25) is 0 Å². The van der Waals surface area contributed by atoms with E-state index in [9.17, 15) is 17.6 Å². The summed E-state index contributed by atoms with van der Waals surface area (Å²) in [6, 6.07) is 24.5. The minimum Gasteiger partial charge on any atom is -0.207 e. The smallest absolute Gasteiger partial charge is 0.131 e. The lowest BCUT2D eigenvalue weighted by molar-refractivity contribution is 0.616. The van der Waals surface area contributed by atoms with E-state index in [1.807, 2.05) is 0 Å². The summed E-state index contributed by atoms with van der Waals surface area (Å²) in [4.78, 5) is 0. The molecule has 140 valence electrons. The molecule has 4 rings (SSSR count). The summed E-state index contributed by atoms with van der Waals surface area (Å²) in [5.41, 5.74) is 1.58. The van der Waals surface area contributed by atoms with Gasteiger partial charge in [-0.15, -0.1) is 0 Å². The van der Waals surface area contributed by atoms with Crippen LogP contribution in [0.1, 0.15) is 0 Å². The molecular weight excluding hydrogens is 364 g/mol. The van der Waals surface area contributed by atoms with Crippen molar-refractivity contribution in [3.8, 4) is 22.3 Å². The first-order valence-electron chi connectivity index (χ1n) is 8.56. The molecule has 4 aromatic rings. The maximum Gasteiger partial charge on any atom is 0.131 e. The van der Waals surface area contributed by atoms with Crippen molar-refractivity contribution >= 4 is 0 Å². The molecular formula is C24H16F4. The minimum absolute atomic E-state index is 0.297. The van der Waals surface area contributed by atoms with Crippen molar-refractivity contribution in [2.24, 2.45) is 0 Å². The lowest BCUT2D eigenvalue weighted by Crippen LogP contribution is -1.86. The largest absolute Gasteiger partial charge is 0.207 e. The number of benzene rings is 4. The Hall–Kier alpha value is -3.40. The Labute approximate surface area is 160 Å². The van der Waals surface area contributed by atoms with Gasteiger partial charge in [0.15, 0.2) is 0 Å². The highest BCUT2D eigenvalue weighted by molar-refractivity contribution is 5.65. The summed E-state index contributed by atoms with van der Waals surface area (Å²) in [6.07, 6.45) is 0. The van der Waals surface area contributed by atoms with Crippen LogP contribution in [-0.4, -0.2) is 0 Å². The highest BCUT2D eigenvalue weighted by Gasteiger charge is 2.07. The topological polar surface area (TPSA) is 0 Å². The van der Waals surface area contributed by atoms with Crippen LogP contribution in [-0.2, 0) is 0 Å². The maximum absolute atomic E-state index is 13.3. The second kappa shape index (κ2) is 9.00. The minimum atomic E-state index is -0.405. The Morgan fingerprint density at radius 1 is 0.393 bits per heavy atom. The van der Waals surface area contributed by atoms with Gasteiger partial charge >= 0.3 is 0 Å². The van der Waals surface area contributed by atoms with Crippen LogP contribution in [0.5, 0.6) is 0 Å². The van der Waals surface area contributed by atoms with Crippen molar-refractivity contribution < 1.29 is 17.6 Å². The molecule has 0 atom stereocenters. The monoisotopic (exact) mass is 380 g/mol. The normalized spacial score (nSPS) is 10.1. The molecule has 0 heterocycles. The Balaban J connectivity index is 0.000000161. The molecule has 0 aliphatic carbocycles. The van der Waals surface area contributed by atoms with Gasteiger partial charge in [0.1, 0.15) is 23.3 Å². The molecule has 0 N–H and O–H groups in total. The van der Waals surface area contributed by atoms with Crippen molar-refractivity contribution in [1.29, 1.82) is 0 Å². The zero-order valence-electron chi connectivity index (χ0n) is 14.7. The molecule has 4 heteroatoms. The van der Waals surface area contributed by atoms with Gasteiger partial charge < -0.3 is 0 Å². The summed E-state index contributed by atoms with van der Waals surface area (Å²) < 4.78 is 52.7. The number of hydrogen-bond acceptors (Lipinski definition) is 0. The van der Waals surface area contributed by atoms with Crippen LogP contribution in [0, 0.1) is 23.3 Å². The summed E-state index contributed by atoms with van der Waals surface area (Å²) >= 11 is 0. The summed E-state index contributed by atoms with van der Waals surface area (Å²) in [5.74, 6) is -1.50. The van der Waals surface area contributed by atoms with Gasteiger partial charge in [-0.25, -0.2) is 17.6 Å². The fourth-order valence-corrected chi connectivity index (χ4v) is 2.71. The molecule has 0 spiro atoms. The first-order valence-corrected chi connectivity index (χ1v) is 8.56. The van der Waals surface area contributed by atoms with E-state index >= 15 is 0 Å². The van der Waals surface area contributed by atoms with Gasteiger partial charge in [0, 0.05) is 16.7 Å². The SMILES string of the molecule is Fc1cccc(-c2ccccc2F)c1.Fc1ccccc1-c1ccccc1F. The number of hydrogen-bond donors (Lipinski definition) is 0. The van der Waals surface area contributed by atoms with E-state index in [0.717, 1.165) is 0 Å². The van der Waals surface area contributed by atoms with Crippen LogP contribution in [0.4, 0.5) is 17.6 Å². The first-order chi connectivity index (χ1) is 13.6. The standard InChI is InChI=1S/2C12H8F2/c13-11-7-3-1-5-9(11)10-6-2-4-8-12(10)14;13-10-5-3-4-9(8-10)11-6-1-2-7-12(11)14/h2*1-8H. The van der Waals surface area contributed by atoms with Crippen LogP contribution in [0.2, 0.25) is 0 Å². The lowest BCUT2D eigenvalue weighted by atomic mass is 10.0. The molecule has 0 aliphatic rings. The number of rotatable bonds is 2. The van der Waals surface area contributed by atoms with Gasteiger partial charge in [0.05, 0.1) is 0 Å². The van der Waals surface area contributed by atoms with Gasteiger partial charge in [-0.2, -0.15) is 0 Å². The van der Waals surface area contributed by atoms with Crippen molar-refractivity contribution in [2.75, 3.05) is 0 Å².